The number of esters is 1. The second kappa shape index (κ2) is 11.4. The number of imidazole rings is 1. The Morgan fingerprint density at radius 1 is 1.21 bits per heavy atom. The van der Waals surface area contributed by atoms with Crippen molar-refractivity contribution >= 4 is 22.9 Å². The van der Waals surface area contributed by atoms with Crippen molar-refractivity contribution in [2.24, 2.45) is 34.0 Å². The fraction of sp³-hybridized carbons (Fsp3) is 0.514. The summed E-state index contributed by atoms with van der Waals surface area (Å²) in [6.45, 7) is 12.3. The van der Waals surface area contributed by atoms with Crippen molar-refractivity contribution in [2.75, 3.05) is 0 Å². The third-order valence-electron chi connectivity index (χ3n) is 11.9. The molecule has 3 aliphatic carbocycles. The number of ketones is 1. The molecule has 3 aliphatic rings. The van der Waals surface area contributed by atoms with Crippen molar-refractivity contribution in [1.29, 1.82) is 0 Å². The van der Waals surface area contributed by atoms with Crippen LogP contribution in [0.2, 0.25) is 0 Å². The summed E-state index contributed by atoms with van der Waals surface area (Å²) in [5.74, 6) is 0.376. The molecule has 0 amide bonds. The molecule has 3 heterocycles. The van der Waals surface area contributed by atoms with Crippen LogP contribution in [0.25, 0.3) is 22.4 Å². The van der Waals surface area contributed by atoms with Gasteiger partial charge in [0.2, 0.25) is 0 Å². The van der Waals surface area contributed by atoms with Gasteiger partial charge in [-0.05, 0) is 55.1 Å². The van der Waals surface area contributed by atoms with Gasteiger partial charge in [0.15, 0.2) is 11.2 Å². The van der Waals surface area contributed by atoms with Gasteiger partial charge in [-0.2, -0.15) is 4.98 Å². The van der Waals surface area contributed by atoms with Crippen molar-refractivity contribution in [1.82, 2.24) is 34.9 Å². The maximum absolute atomic E-state index is 13.7. The first-order chi connectivity index (χ1) is 22.5. The Hall–Kier alpha value is -4.45. The van der Waals surface area contributed by atoms with E-state index in [0.29, 0.717) is 41.3 Å². The molecule has 3 aromatic heterocycles. The molecule has 3 saturated carbocycles. The van der Waals surface area contributed by atoms with E-state index in [1.54, 1.807) is 24.4 Å². The van der Waals surface area contributed by atoms with E-state index < -0.39 is 29.0 Å². The Balaban J connectivity index is 1.12. The number of rotatable bonds is 7. The quantitative estimate of drug-likeness (QED) is 0.201. The van der Waals surface area contributed by atoms with E-state index in [0.717, 1.165) is 24.8 Å². The van der Waals surface area contributed by atoms with Crippen LogP contribution in [0.4, 0.5) is 0 Å². The number of fused-ring (bicyclic) bond motifs is 1. The van der Waals surface area contributed by atoms with E-state index in [2.05, 4.69) is 57.6 Å². The number of aromatic nitrogens is 7. The third-order valence-corrected chi connectivity index (χ3v) is 11.9. The van der Waals surface area contributed by atoms with Crippen molar-refractivity contribution in [2.45, 2.75) is 78.6 Å². The topological polar surface area (TPSA) is 158 Å². The average Bonchev–Trinajstić information content (AvgIpc) is 3.82. The summed E-state index contributed by atoms with van der Waals surface area (Å²) < 4.78 is 13.8. The smallest absolute Gasteiger partial charge is 0.328 e. The van der Waals surface area contributed by atoms with Gasteiger partial charge in [-0.1, -0.05) is 51.1 Å². The van der Waals surface area contributed by atoms with Crippen LogP contribution in [-0.2, 0) is 20.9 Å². The van der Waals surface area contributed by atoms with Crippen LogP contribution < -0.4 is 4.74 Å². The van der Waals surface area contributed by atoms with E-state index in [1.165, 1.54) is 17.3 Å². The molecule has 1 unspecified atom stereocenters. The number of hydrogen-bond acceptors (Lipinski definition) is 10. The highest BCUT2D eigenvalue weighted by atomic mass is 16.5. The first-order valence-electron chi connectivity index (χ1n) is 16.3. The standard InChI is InChI=1S/C35H41N7O5/c1-6-33(4)15-26(34(5)20(2)10-12-35(21(3)30(33)45)13-11-25(43)29(34)35)47-27(44)17-42-16-24(40-41-42)22-8-7-9-23(14-22)46-32-28-31(37-18-36-28)38-19-39-32/h6-9,14,16,18-21,26,29-30,45H,1,10-13,15,17H2,2-5H3,(H,36,37,38,39)/t20?,21-,26+,29-,30-,33+,34-,35-/m0/s1. The molecule has 0 radical (unpaired) electrons. The van der Waals surface area contributed by atoms with E-state index in [-0.39, 0.29) is 35.5 Å². The van der Waals surface area contributed by atoms with E-state index >= 15 is 0 Å². The number of aromatic amines is 1. The lowest BCUT2D eigenvalue weighted by Gasteiger charge is -2.61. The maximum Gasteiger partial charge on any atom is 0.328 e. The molecule has 12 heteroatoms. The van der Waals surface area contributed by atoms with Crippen LogP contribution in [0, 0.1) is 34.0 Å². The van der Waals surface area contributed by atoms with Gasteiger partial charge in [0.25, 0.3) is 5.88 Å². The molecule has 12 nitrogen and oxygen atoms in total. The summed E-state index contributed by atoms with van der Waals surface area (Å²) in [6, 6.07) is 7.31. The minimum atomic E-state index is -0.718. The molecule has 246 valence electrons. The lowest BCUT2D eigenvalue weighted by atomic mass is 9.44. The lowest BCUT2D eigenvalue weighted by Crippen LogP contribution is -2.63. The monoisotopic (exact) mass is 639 g/mol. The van der Waals surface area contributed by atoms with Gasteiger partial charge >= 0.3 is 5.97 Å². The molecule has 2 bridgehead atoms. The zero-order valence-electron chi connectivity index (χ0n) is 27.2. The molecule has 1 aromatic carbocycles. The number of aliphatic hydroxyl groups excluding tert-OH is 1. The van der Waals surface area contributed by atoms with Gasteiger partial charge in [0.05, 0.1) is 18.6 Å². The molecular formula is C35H41N7O5. The van der Waals surface area contributed by atoms with Gasteiger partial charge < -0.3 is 19.6 Å². The molecule has 0 spiro atoms. The summed E-state index contributed by atoms with van der Waals surface area (Å²) in [6.07, 6.45) is 8.53. The van der Waals surface area contributed by atoms with Gasteiger partial charge in [-0.15, -0.1) is 11.7 Å². The summed E-state index contributed by atoms with van der Waals surface area (Å²) >= 11 is 0. The van der Waals surface area contributed by atoms with Crippen LogP contribution in [0.3, 0.4) is 0 Å². The Labute approximate surface area is 273 Å². The van der Waals surface area contributed by atoms with Gasteiger partial charge in [0, 0.05) is 28.7 Å². The Bertz CT molecular complexity index is 1850. The first kappa shape index (κ1) is 31.2. The van der Waals surface area contributed by atoms with Crippen molar-refractivity contribution in [3.8, 4) is 22.9 Å². The molecular weight excluding hydrogens is 598 g/mol. The van der Waals surface area contributed by atoms with E-state index in [1.807, 2.05) is 19.1 Å². The summed E-state index contributed by atoms with van der Waals surface area (Å²) in [5.41, 5.74) is 0.758. The third kappa shape index (κ3) is 4.95. The number of carbonyl (C=O) groups excluding carboxylic acids is 2. The molecule has 2 N–H and O–H groups in total. The average molecular weight is 640 g/mol. The normalized spacial score (nSPS) is 33.6. The van der Waals surface area contributed by atoms with E-state index in [9.17, 15) is 14.7 Å². The fourth-order valence-corrected chi connectivity index (χ4v) is 8.99. The number of Topliss-reactive ketones (excluding diaryl/α,β-unsaturated/α-hetero) is 1. The number of ether oxygens (including phenoxy) is 2. The Morgan fingerprint density at radius 2 is 2.04 bits per heavy atom. The second-order valence-corrected chi connectivity index (χ2v) is 14.3. The lowest BCUT2D eigenvalue weighted by molar-refractivity contribution is -0.207. The highest BCUT2D eigenvalue weighted by Crippen LogP contribution is 2.68. The molecule has 0 saturated heterocycles. The number of benzene rings is 1. The van der Waals surface area contributed by atoms with Crippen molar-refractivity contribution < 1.29 is 24.2 Å². The molecule has 0 aliphatic heterocycles. The van der Waals surface area contributed by atoms with Crippen LogP contribution >= 0.6 is 0 Å². The number of hydrogen-bond donors (Lipinski definition) is 2. The predicted octanol–water partition coefficient (Wildman–Crippen LogP) is 5.31. The predicted molar refractivity (Wildman–Crippen MR) is 172 cm³/mol. The maximum atomic E-state index is 13.7. The summed E-state index contributed by atoms with van der Waals surface area (Å²) in [4.78, 5) is 42.9. The van der Waals surface area contributed by atoms with Gasteiger partial charge in [0.1, 0.15) is 36.2 Å². The first-order valence-corrected chi connectivity index (χ1v) is 16.3. The van der Waals surface area contributed by atoms with Crippen molar-refractivity contribution in [3.05, 3.63) is 55.8 Å². The number of nitrogens with one attached hydrogen (secondary N) is 1. The molecule has 7 rings (SSSR count). The number of nitrogens with zero attached hydrogens (tertiary/aromatic N) is 6. The molecule has 8 atom stereocenters. The highest BCUT2D eigenvalue weighted by molar-refractivity contribution is 5.85. The molecule has 3 fully saturated rings. The van der Waals surface area contributed by atoms with Crippen LogP contribution in [0.15, 0.2) is 55.8 Å². The van der Waals surface area contributed by atoms with Gasteiger partial charge in [-0.25, -0.2) is 14.6 Å². The van der Waals surface area contributed by atoms with Crippen LogP contribution in [0.1, 0.15) is 59.8 Å². The highest BCUT2D eigenvalue weighted by Gasteiger charge is 2.68. The summed E-state index contributed by atoms with van der Waals surface area (Å²) in [7, 11) is 0. The zero-order chi connectivity index (χ0) is 33.1. The minimum absolute atomic E-state index is 0.0878. The van der Waals surface area contributed by atoms with E-state index in [4.69, 9.17) is 9.47 Å². The Morgan fingerprint density at radius 3 is 2.85 bits per heavy atom. The number of H-pyrrole nitrogens is 1. The summed E-state index contributed by atoms with van der Waals surface area (Å²) in [5, 5.41) is 20.3. The number of carbonyl (C=O) groups is 2. The fourth-order valence-electron chi connectivity index (χ4n) is 8.99. The largest absolute Gasteiger partial charge is 0.460 e. The Kier molecular flexibility index (Phi) is 7.53. The van der Waals surface area contributed by atoms with Gasteiger partial charge in [-0.3, -0.25) is 9.59 Å². The van der Waals surface area contributed by atoms with Crippen LogP contribution in [-0.4, -0.2) is 64.0 Å². The SMILES string of the molecule is C=C[C@]1(C)C[C@@H](OC(=O)Cn2cc(-c3cccc(Oc4ncnc5[nH]cnc45)c3)nn2)[C@]2(C)C(C)CC[C@]3(CCC(=O)[C@H]32)[C@@H](C)[C@@H]1O. The number of aliphatic hydroxyl groups is 1. The van der Waals surface area contributed by atoms with Crippen molar-refractivity contribution in [3.63, 3.8) is 0 Å². The minimum Gasteiger partial charge on any atom is -0.460 e. The zero-order valence-corrected chi connectivity index (χ0v) is 27.2. The molecule has 47 heavy (non-hydrogen) atoms. The van der Waals surface area contributed by atoms with Crippen LogP contribution in [0.5, 0.6) is 11.6 Å². The molecule has 4 aromatic rings. The second-order valence-electron chi connectivity index (χ2n) is 14.3.